The summed E-state index contributed by atoms with van der Waals surface area (Å²) >= 11 is 0. The quantitative estimate of drug-likeness (QED) is 0.549. The minimum absolute atomic E-state index is 0.0955. The fourth-order valence-electron chi connectivity index (χ4n) is 5.30. The smallest absolute Gasteiger partial charge is 0.412 e. The Morgan fingerprint density at radius 2 is 1.97 bits per heavy atom. The average Bonchev–Trinajstić information content (AvgIpc) is 3.61. The Balaban J connectivity index is 1.43. The van der Waals surface area contributed by atoms with Crippen LogP contribution in [0, 0.1) is 0 Å². The normalized spacial score (nSPS) is 20.5. The SMILES string of the molecule is C[C@H]1CCc2c(ccc(-c3cnn(C4CCNCC4)c3)c2Oc2cc(C3CC3)ncn2)N1C(=O)O. The number of hydrogen-bond donors (Lipinski definition) is 2. The first-order valence-electron chi connectivity index (χ1n) is 12.5. The third-order valence-corrected chi connectivity index (χ3v) is 7.41. The van der Waals surface area contributed by atoms with E-state index in [9.17, 15) is 9.90 Å². The molecule has 9 heteroatoms. The molecule has 182 valence electrons. The Labute approximate surface area is 204 Å². The first kappa shape index (κ1) is 22.0. The van der Waals surface area contributed by atoms with E-state index in [0.717, 1.165) is 74.0 Å². The summed E-state index contributed by atoms with van der Waals surface area (Å²) in [6, 6.07) is 6.05. The summed E-state index contributed by atoms with van der Waals surface area (Å²) in [4.78, 5) is 22.4. The molecule has 1 atom stereocenters. The van der Waals surface area contributed by atoms with Crippen LogP contribution in [0.25, 0.3) is 11.1 Å². The zero-order chi connectivity index (χ0) is 23.9. The van der Waals surface area contributed by atoms with E-state index in [-0.39, 0.29) is 6.04 Å². The van der Waals surface area contributed by atoms with Crippen LogP contribution in [-0.2, 0) is 6.42 Å². The second-order valence-corrected chi connectivity index (χ2v) is 9.83. The lowest BCUT2D eigenvalue weighted by molar-refractivity contribution is 0.198. The fourth-order valence-corrected chi connectivity index (χ4v) is 5.30. The van der Waals surface area contributed by atoms with Crippen molar-refractivity contribution in [1.29, 1.82) is 0 Å². The number of ether oxygens (including phenoxy) is 1. The molecule has 1 amide bonds. The number of amides is 1. The zero-order valence-electron chi connectivity index (χ0n) is 19.9. The van der Waals surface area contributed by atoms with Crippen molar-refractivity contribution in [3.8, 4) is 22.8 Å². The number of nitrogens with zero attached hydrogens (tertiary/aromatic N) is 5. The van der Waals surface area contributed by atoms with Crippen molar-refractivity contribution in [2.24, 2.45) is 0 Å². The summed E-state index contributed by atoms with van der Waals surface area (Å²) in [7, 11) is 0. The number of nitrogens with one attached hydrogen (secondary N) is 1. The Morgan fingerprint density at radius 1 is 1.14 bits per heavy atom. The van der Waals surface area contributed by atoms with Crippen molar-refractivity contribution in [3.05, 3.63) is 48.2 Å². The van der Waals surface area contributed by atoms with E-state index in [1.807, 2.05) is 31.3 Å². The maximum atomic E-state index is 12.1. The van der Waals surface area contributed by atoms with Crippen molar-refractivity contribution in [2.45, 2.75) is 63.5 Å². The van der Waals surface area contributed by atoms with Crippen molar-refractivity contribution in [1.82, 2.24) is 25.1 Å². The molecular formula is C26H30N6O3. The van der Waals surface area contributed by atoms with Gasteiger partial charge >= 0.3 is 6.09 Å². The van der Waals surface area contributed by atoms with Crippen molar-refractivity contribution >= 4 is 11.8 Å². The maximum Gasteiger partial charge on any atom is 0.412 e. The highest BCUT2D eigenvalue weighted by Gasteiger charge is 2.32. The van der Waals surface area contributed by atoms with Gasteiger partial charge in [-0.2, -0.15) is 5.10 Å². The van der Waals surface area contributed by atoms with E-state index in [1.165, 1.54) is 4.90 Å². The molecule has 0 bridgehead atoms. The number of piperidine rings is 1. The number of carboxylic acid groups (broad SMARTS) is 1. The number of hydrogen-bond acceptors (Lipinski definition) is 6. The number of anilines is 1. The lowest BCUT2D eigenvalue weighted by Gasteiger charge is -2.34. The van der Waals surface area contributed by atoms with Gasteiger partial charge in [0.25, 0.3) is 0 Å². The lowest BCUT2D eigenvalue weighted by Crippen LogP contribution is -2.41. The minimum atomic E-state index is -0.950. The Hall–Kier alpha value is -3.46. The van der Waals surface area contributed by atoms with Gasteiger partial charge in [0.1, 0.15) is 12.1 Å². The van der Waals surface area contributed by atoms with E-state index in [0.29, 0.717) is 29.3 Å². The number of fused-ring (bicyclic) bond motifs is 1. The van der Waals surface area contributed by atoms with Gasteiger partial charge < -0.3 is 15.2 Å². The molecule has 1 aliphatic carbocycles. The summed E-state index contributed by atoms with van der Waals surface area (Å²) in [6.45, 7) is 3.93. The molecule has 0 unspecified atom stereocenters. The molecule has 6 rings (SSSR count). The maximum absolute atomic E-state index is 12.1. The van der Waals surface area contributed by atoms with Crippen LogP contribution in [0.4, 0.5) is 10.5 Å². The molecule has 2 aromatic heterocycles. The van der Waals surface area contributed by atoms with Crippen LogP contribution >= 0.6 is 0 Å². The molecule has 2 fully saturated rings. The first-order valence-corrected chi connectivity index (χ1v) is 12.5. The molecular weight excluding hydrogens is 444 g/mol. The molecule has 2 N–H and O–H groups in total. The zero-order valence-corrected chi connectivity index (χ0v) is 19.9. The van der Waals surface area contributed by atoms with Gasteiger partial charge in [0, 0.05) is 40.9 Å². The fraction of sp³-hybridized carbons (Fsp3) is 0.462. The van der Waals surface area contributed by atoms with E-state index in [1.54, 1.807) is 6.33 Å². The van der Waals surface area contributed by atoms with E-state index in [4.69, 9.17) is 4.74 Å². The monoisotopic (exact) mass is 474 g/mol. The van der Waals surface area contributed by atoms with Gasteiger partial charge in [-0.05, 0) is 70.7 Å². The first-order chi connectivity index (χ1) is 17.1. The number of rotatable bonds is 5. The molecule has 3 aliphatic rings. The predicted molar refractivity (Wildman–Crippen MR) is 131 cm³/mol. The number of aromatic nitrogens is 4. The molecule has 0 spiro atoms. The highest BCUT2D eigenvalue weighted by atomic mass is 16.5. The van der Waals surface area contributed by atoms with Crippen LogP contribution in [0.2, 0.25) is 0 Å². The predicted octanol–water partition coefficient (Wildman–Crippen LogP) is 4.75. The van der Waals surface area contributed by atoms with Crippen molar-refractivity contribution in [3.63, 3.8) is 0 Å². The summed E-state index contributed by atoms with van der Waals surface area (Å²) in [5.74, 6) is 1.63. The largest absolute Gasteiger partial charge is 0.465 e. The van der Waals surface area contributed by atoms with Crippen molar-refractivity contribution in [2.75, 3.05) is 18.0 Å². The van der Waals surface area contributed by atoms with Gasteiger partial charge in [-0.25, -0.2) is 14.8 Å². The minimum Gasteiger partial charge on any atom is -0.465 e. The molecule has 9 nitrogen and oxygen atoms in total. The molecule has 3 aromatic rings. The van der Waals surface area contributed by atoms with Crippen molar-refractivity contribution < 1.29 is 14.6 Å². The van der Waals surface area contributed by atoms with Crippen LogP contribution in [0.5, 0.6) is 11.6 Å². The van der Waals surface area contributed by atoms with Crippen LogP contribution in [0.1, 0.15) is 62.2 Å². The van der Waals surface area contributed by atoms with Gasteiger partial charge in [-0.1, -0.05) is 0 Å². The molecule has 2 aliphatic heterocycles. The second kappa shape index (κ2) is 8.96. The Morgan fingerprint density at radius 3 is 2.74 bits per heavy atom. The standard InChI is InChI=1S/C26H30N6O3/c1-16-2-5-21-23(32(16)26(33)34)7-6-20(18-13-30-31(14-18)19-8-10-27-11-9-19)25(21)35-24-12-22(17-3-4-17)28-15-29-24/h6-7,12-17,19,27H,2-5,8-11H2,1H3,(H,33,34)/t16-/m0/s1. The van der Waals surface area contributed by atoms with E-state index in [2.05, 4.69) is 31.3 Å². The second-order valence-electron chi connectivity index (χ2n) is 9.83. The Kier molecular flexibility index (Phi) is 5.64. The molecule has 1 aromatic carbocycles. The summed E-state index contributed by atoms with van der Waals surface area (Å²) in [5, 5.41) is 18.0. The third kappa shape index (κ3) is 4.25. The molecule has 1 saturated heterocycles. The molecule has 4 heterocycles. The Bertz CT molecular complexity index is 1250. The number of carbonyl (C=O) groups is 1. The summed E-state index contributed by atoms with van der Waals surface area (Å²) in [6.07, 6.45) is 10.4. The highest BCUT2D eigenvalue weighted by molar-refractivity contribution is 5.91. The third-order valence-electron chi connectivity index (χ3n) is 7.41. The molecule has 1 saturated carbocycles. The number of benzene rings is 1. The molecule has 0 radical (unpaired) electrons. The highest BCUT2D eigenvalue weighted by Crippen LogP contribution is 2.45. The topological polar surface area (TPSA) is 105 Å². The van der Waals surface area contributed by atoms with E-state index >= 15 is 0 Å². The van der Waals surface area contributed by atoms with Crippen LogP contribution in [0.15, 0.2) is 36.9 Å². The summed E-state index contributed by atoms with van der Waals surface area (Å²) in [5.41, 5.74) is 4.43. The van der Waals surface area contributed by atoms with Gasteiger partial charge in [0.15, 0.2) is 0 Å². The van der Waals surface area contributed by atoms with Crippen LogP contribution < -0.4 is 15.0 Å². The van der Waals surface area contributed by atoms with E-state index < -0.39 is 6.09 Å². The van der Waals surface area contributed by atoms with Gasteiger partial charge in [0.2, 0.25) is 5.88 Å². The van der Waals surface area contributed by atoms with Crippen LogP contribution in [-0.4, -0.2) is 50.1 Å². The van der Waals surface area contributed by atoms with Crippen LogP contribution in [0.3, 0.4) is 0 Å². The molecule has 35 heavy (non-hydrogen) atoms. The summed E-state index contributed by atoms with van der Waals surface area (Å²) < 4.78 is 8.54. The van der Waals surface area contributed by atoms with Gasteiger partial charge in [-0.3, -0.25) is 9.58 Å². The lowest BCUT2D eigenvalue weighted by atomic mass is 9.92. The van der Waals surface area contributed by atoms with Gasteiger partial charge in [-0.15, -0.1) is 0 Å². The average molecular weight is 475 g/mol. The van der Waals surface area contributed by atoms with Gasteiger partial charge in [0.05, 0.1) is 23.6 Å².